The first-order chi connectivity index (χ1) is 9.46. The van der Waals surface area contributed by atoms with Gasteiger partial charge in [0.1, 0.15) is 5.69 Å². The molecule has 0 aromatic carbocycles. The zero-order valence-electron chi connectivity index (χ0n) is 12.1. The van der Waals surface area contributed by atoms with Gasteiger partial charge in [-0.25, -0.2) is 4.79 Å². The maximum atomic E-state index is 11.8. The standard InChI is InChI=1S/C13H20N2O5/c1-5-20-13(17)9-6-15(7-10(18-3)19-4)11(8(9)2)12(14)16/h6,10H,5,7H2,1-4H3,(H2,14,16). The molecule has 112 valence electrons. The van der Waals surface area contributed by atoms with Crippen molar-refractivity contribution in [3.8, 4) is 0 Å². The molecule has 1 amide bonds. The number of primary amides is 1. The first-order valence-electron chi connectivity index (χ1n) is 6.18. The number of ether oxygens (including phenoxy) is 3. The van der Waals surface area contributed by atoms with Crippen molar-refractivity contribution in [2.45, 2.75) is 26.7 Å². The molecule has 0 aliphatic heterocycles. The van der Waals surface area contributed by atoms with Gasteiger partial charge < -0.3 is 24.5 Å². The van der Waals surface area contributed by atoms with Crippen LogP contribution in [0.5, 0.6) is 0 Å². The third kappa shape index (κ3) is 3.37. The quantitative estimate of drug-likeness (QED) is 0.587. The lowest BCUT2D eigenvalue weighted by Crippen LogP contribution is -2.25. The first kappa shape index (κ1) is 16.2. The molecule has 1 aromatic rings. The van der Waals surface area contributed by atoms with Crippen LogP contribution in [-0.4, -0.2) is 43.6 Å². The molecule has 20 heavy (non-hydrogen) atoms. The molecule has 2 N–H and O–H groups in total. The van der Waals surface area contributed by atoms with Gasteiger partial charge in [-0.3, -0.25) is 4.79 Å². The summed E-state index contributed by atoms with van der Waals surface area (Å²) < 4.78 is 16.7. The highest BCUT2D eigenvalue weighted by Crippen LogP contribution is 2.18. The van der Waals surface area contributed by atoms with Crippen LogP contribution >= 0.6 is 0 Å². The fraction of sp³-hybridized carbons (Fsp3) is 0.538. The molecule has 7 nitrogen and oxygen atoms in total. The van der Waals surface area contributed by atoms with Gasteiger partial charge in [0.25, 0.3) is 5.91 Å². The molecule has 0 aliphatic rings. The number of carbonyl (C=O) groups is 2. The number of aromatic nitrogens is 1. The normalized spacial score (nSPS) is 10.8. The van der Waals surface area contributed by atoms with Crippen molar-refractivity contribution in [2.75, 3.05) is 20.8 Å². The number of methoxy groups -OCH3 is 2. The lowest BCUT2D eigenvalue weighted by molar-refractivity contribution is -0.111. The second-order valence-corrected chi connectivity index (χ2v) is 4.15. The number of esters is 1. The number of nitrogens with two attached hydrogens (primary N) is 1. The third-order valence-corrected chi connectivity index (χ3v) is 2.93. The van der Waals surface area contributed by atoms with E-state index in [4.69, 9.17) is 19.9 Å². The third-order valence-electron chi connectivity index (χ3n) is 2.93. The zero-order chi connectivity index (χ0) is 15.3. The largest absolute Gasteiger partial charge is 0.462 e. The monoisotopic (exact) mass is 284 g/mol. The molecule has 7 heteroatoms. The number of nitrogens with zero attached hydrogens (tertiary/aromatic N) is 1. The topological polar surface area (TPSA) is 92.8 Å². The Morgan fingerprint density at radius 1 is 1.35 bits per heavy atom. The van der Waals surface area contributed by atoms with E-state index >= 15 is 0 Å². The second-order valence-electron chi connectivity index (χ2n) is 4.15. The van der Waals surface area contributed by atoms with Gasteiger partial charge in [-0.05, 0) is 19.4 Å². The minimum atomic E-state index is -0.621. The molecule has 0 atom stereocenters. The molecule has 0 fully saturated rings. The Hall–Kier alpha value is -1.86. The number of hydrogen-bond donors (Lipinski definition) is 1. The Balaban J connectivity index is 3.19. The van der Waals surface area contributed by atoms with Crippen LogP contribution in [0.4, 0.5) is 0 Å². The summed E-state index contributed by atoms with van der Waals surface area (Å²) in [6, 6.07) is 0. The maximum Gasteiger partial charge on any atom is 0.339 e. The molecule has 0 unspecified atom stereocenters. The summed E-state index contributed by atoms with van der Waals surface area (Å²) in [7, 11) is 2.97. The van der Waals surface area contributed by atoms with Gasteiger partial charge in [0.05, 0.1) is 18.7 Å². The first-order valence-corrected chi connectivity index (χ1v) is 6.18. The zero-order valence-corrected chi connectivity index (χ0v) is 12.1. The average Bonchev–Trinajstić information content (AvgIpc) is 2.73. The average molecular weight is 284 g/mol. The van der Waals surface area contributed by atoms with Crippen LogP contribution < -0.4 is 5.73 Å². The maximum absolute atomic E-state index is 11.8. The highest BCUT2D eigenvalue weighted by molar-refractivity contribution is 5.99. The summed E-state index contributed by atoms with van der Waals surface area (Å²) in [5.74, 6) is -1.11. The summed E-state index contributed by atoms with van der Waals surface area (Å²) in [6.45, 7) is 3.86. The van der Waals surface area contributed by atoms with Crippen molar-refractivity contribution in [1.82, 2.24) is 4.57 Å². The minimum Gasteiger partial charge on any atom is -0.462 e. The number of carbonyl (C=O) groups excluding carboxylic acids is 2. The molecule has 0 aliphatic carbocycles. The van der Waals surface area contributed by atoms with E-state index in [2.05, 4.69) is 0 Å². The van der Waals surface area contributed by atoms with Crippen molar-refractivity contribution in [2.24, 2.45) is 5.73 Å². The van der Waals surface area contributed by atoms with Gasteiger partial charge in [0.15, 0.2) is 6.29 Å². The van der Waals surface area contributed by atoms with E-state index in [1.54, 1.807) is 18.4 Å². The molecule has 1 heterocycles. The van der Waals surface area contributed by atoms with Crippen molar-refractivity contribution < 1.29 is 23.8 Å². The summed E-state index contributed by atoms with van der Waals surface area (Å²) in [6.07, 6.45) is 0.980. The van der Waals surface area contributed by atoms with Crippen LogP contribution in [0.2, 0.25) is 0 Å². The molecule has 0 radical (unpaired) electrons. The molecule has 0 spiro atoms. The van der Waals surface area contributed by atoms with Crippen molar-refractivity contribution in [3.05, 3.63) is 23.0 Å². The van der Waals surface area contributed by atoms with Crippen LogP contribution in [0.25, 0.3) is 0 Å². The summed E-state index contributed by atoms with van der Waals surface area (Å²) in [5.41, 5.74) is 6.41. The Morgan fingerprint density at radius 3 is 2.40 bits per heavy atom. The summed E-state index contributed by atoms with van der Waals surface area (Å²) in [4.78, 5) is 23.4. The molecule has 0 saturated carbocycles. The smallest absolute Gasteiger partial charge is 0.339 e. The number of hydrogen-bond acceptors (Lipinski definition) is 5. The van der Waals surface area contributed by atoms with Crippen molar-refractivity contribution in [3.63, 3.8) is 0 Å². The molecule has 1 aromatic heterocycles. The lowest BCUT2D eigenvalue weighted by Gasteiger charge is -2.15. The highest BCUT2D eigenvalue weighted by Gasteiger charge is 2.23. The van der Waals surface area contributed by atoms with Gasteiger partial charge in [0, 0.05) is 20.4 Å². The van der Waals surface area contributed by atoms with Crippen LogP contribution in [0, 0.1) is 6.92 Å². The van der Waals surface area contributed by atoms with Crippen LogP contribution in [0.1, 0.15) is 33.3 Å². The highest BCUT2D eigenvalue weighted by atomic mass is 16.7. The summed E-state index contributed by atoms with van der Waals surface area (Å²) >= 11 is 0. The van der Waals surface area contributed by atoms with Gasteiger partial charge >= 0.3 is 5.97 Å². The van der Waals surface area contributed by atoms with Gasteiger partial charge in [-0.2, -0.15) is 0 Å². The van der Waals surface area contributed by atoms with E-state index in [1.807, 2.05) is 0 Å². The fourth-order valence-corrected chi connectivity index (χ4v) is 1.95. The van der Waals surface area contributed by atoms with E-state index in [0.717, 1.165) is 0 Å². The molecule has 0 saturated heterocycles. The van der Waals surface area contributed by atoms with E-state index in [0.29, 0.717) is 11.1 Å². The van der Waals surface area contributed by atoms with Gasteiger partial charge in [-0.1, -0.05) is 0 Å². The van der Waals surface area contributed by atoms with Crippen molar-refractivity contribution in [1.29, 1.82) is 0 Å². The minimum absolute atomic E-state index is 0.242. The van der Waals surface area contributed by atoms with Crippen LogP contribution in [-0.2, 0) is 20.8 Å². The second kappa shape index (κ2) is 7.06. The molecular formula is C13H20N2O5. The Bertz CT molecular complexity index is 491. The molecule has 0 bridgehead atoms. The van der Waals surface area contributed by atoms with E-state index in [-0.39, 0.29) is 18.8 Å². The van der Waals surface area contributed by atoms with E-state index in [9.17, 15) is 9.59 Å². The Kier molecular flexibility index (Phi) is 5.72. The fourth-order valence-electron chi connectivity index (χ4n) is 1.95. The predicted octanol–water partition coefficient (Wildman–Crippen LogP) is 0.691. The van der Waals surface area contributed by atoms with E-state index < -0.39 is 18.2 Å². The Labute approximate surface area is 117 Å². The van der Waals surface area contributed by atoms with Crippen molar-refractivity contribution >= 4 is 11.9 Å². The lowest BCUT2D eigenvalue weighted by atomic mass is 10.1. The van der Waals surface area contributed by atoms with Crippen LogP contribution in [0.15, 0.2) is 6.20 Å². The van der Waals surface area contributed by atoms with Gasteiger partial charge in [0.2, 0.25) is 0 Å². The summed E-state index contributed by atoms with van der Waals surface area (Å²) in [5, 5.41) is 0. The van der Waals surface area contributed by atoms with Gasteiger partial charge in [-0.15, -0.1) is 0 Å². The number of rotatable bonds is 7. The molecular weight excluding hydrogens is 264 g/mol. The van der Waals surface area contributed by atoms with E-state index in [1.165, 1.54) is 20.4 Å². The number of amides is 1. The molecule has 1 rings (SSSR count). The van der Waals surface area contributed by atoms with Crippen LogP contribution in [0.3, 0.4) is 0 Å². The Morgan fingerprint density at radius 2 is 1.95 bits per heavy atom. The SMILES string of the molecule is CCOC(=O)c1cn(CC(OC)OC)c(C(N)=O)c1C. The predicted molar refractivity (Wildman–Crippen MR) is 71.4 cm³/mol.